The summed E-state index contributed by atoms with van der Waals surface area (Å²) in [6.45, 7) is 0. The number of hydrogen-bond donors (Lipinski definition) is 0. The Morgan fingerprint density at radius 3 is 1.28 bits per heavy atom. The third-order valence-electron chi connectivity index (χ3n) is 11.4. The van der Waals surface area contributed by atoms with Crippen molar-refractivity contribution in [3.8, 4) is 45.2 Å². The Hall–Kier alpha value is -7.75. The molecule has 0 amide bonds. The Bertz CT molecular complexity index is 3360. The largest absolute Gasteiger partial charge is 0.255 e. The summed E-state index contributed by atoms with van der Waals surface area (Å²) in [4.78, 5) is 15.2. The van der Waals surface area contributed by atoms with E-state index in [0.717, 1.165) is 49.9 Å². The van der Waals surface area contributed by atoms with Crippen LogP contribution in [0, 0.1) is 0 Å². The second kappa shape index (κ2) is 14.1. The first-order chi connectivity index (χ1) is 28.8. The fraction of sp³-hybridized carbons (Fsp3) is 0. The maximum atomic E-state index is 5.30. The van der Waals surface area contributed by atoms with Crippen molar-refractivity contribution in [2.75, 3.05) is 0 Å². The standard InChI is InChI=1S/C55H35N3/c1-2-16-40-36(14-1)15-13-25-41(40)37-27-29-38(30-28-37)53-35-54(52-26-11-12-33-56-52)58-55(57-53)39-31-32-50-48-23-8-7-21-46(48)44-19-4-3-17-42(44)43-18-5-6-20-45(43)47-22-9-10-24-49(47)51(50)34-39/h1-35H. The van der Waals surface area contributed by atoms with Crippen molar-refractivity contribution in [1.82, 2.24) is 15.0 Å². The van der Waals surface area contributed by atoms with Gasteiger partial charge in [-0.15, -0.1) is 0 Å². The van der Waals surface area contributed by atoms with Gasteiger partial charge in [-0.05, 0) is 100 Å². The van der Waals surface area contributed by atoms with Crippen LogP contribution >= 0.6 is 0 Å². The van der Waals surface area contributed by atoms with Crippen LogP contribution in [0.15, 0.2) is 212 Å². The van der Waals surface area contributed by atoms with Crippen molar-refractivity contribution in [3.05, 3.63) is 212 Å². The van der Waals surface area contributed by atoms with Crippen molar-refractivity contribution < 1.29 is 0 Å². The molecular formula is C55H35N3. The van der Waals surface area contributed by atoms with E-state index in [-0.39, 0.29) is 0 Å². The molecule has 58 heavy (non-hydrogen) atoms. The first-order valence-corrected chi connectivity index (χ1v) is 19.7. The number of hydrogen-bond acceptors (Lipinski definition) is 3. The minimum atomic E-state index is 0.646. The summed E-state index contributed by atoms with van der Waals surface area (Å²) in [5.74, 6) is 0.646. The molecule has 11 rings (SSSR count). The second-order valence-corrected chi connectivity index (χ2v) is 14.7. The summed E-state index contributed by atoms with van der Waals surface area (Å²) in [6, 6.07) is 73.6. The highest BCUT2D eigenvalue weighted by molar-refractivity contribution is 6.26. The third kappa shape index (κ3) is 5.80. The maximum Gasteiger partial charge on any atom is 0.160 e. The SMILES string of the molecule is c1ccc(-c2cc(-c3ccc(-c4cccc5ccccc45)cc3)nc(-c3ccc4c5ccccc5c5ccccc5c5ccccc5c5ccccc5c4c3)n2)nc1. The van der Waals surface area contributed by atoms with Crippen molar-refractivity contribution in [2.24, 2.45) is 0 Å². The quantitative estimate of drug-likeness (QED) is 0.181. The predicted molar refractivity (Wildman–Crippen MR) is 244 cm³/mol. The minimum Gasteiger partial charge on any atom is -0.255 e. The molecule has 2 heterocycles. The highest BCUT2D eigenvalue weighted by atomic mass is 14.9. The smallest absolute Gasteiger partial charge is 0.160 e. The van der Waals surface area contributed by atoms with Crippen LogP contribution in [0.25, 0.3) is 110 Å². The van der Waals surface area contributed by atoms with Gasteiger partial charge in [-0.25, -0.2) is 9.97 Å². The molecule has 0 aliphatic carbocycles. The predicted octanol–water partition coefficient (Wildman–Crippen LogP) is 14.6. The molecule has 11 aromatic rings. The molecule has 0 bridgehead atoms. The van der Waals surface area contributed by atoms with E-state index in [4.69, 9.17) is 15.0 Å². The molecule has 0 radical (unpaired) electrons. The van der Waals surface area contributed by atoms with Crippen LogP contribution in [-0.2, 0) is 0 Å². The lowest BCUT2D eigenvalue weighted by Crippen LogP contribution is -1.97. The highest BCUT2D eigenvalue weighted by Gasteiger charge is 2.15. The van der Waals surface area contributed by atoms with Crippen LogP contribution in [0.2, 0.25) is 0 Å². The Balaban J connectivity index is 1.17. The lowest BCUT2D eigenvalue weighted by Gasteiger charge is -2.12. The van der Waals surface area contributed by atoms with Crippen molar-refractivity contribution in [2.45, 2.75) is 0 Å². The van der Waals surface area contributed by atoms with Crippen LogP contribution in [0.3, 0.4) is 0 Å². The molecule has 3 heteroatoms. The lowest BCUT2D eigenvalue weighted by atomic mass is 9.93. The highest BCUT2D eigenvalue weighted by Crippen LogP contribution is 2.38. The van der Waals surface area contributed by atoms with Gasteiger partial charge in [-0.3, -0.25) is 4.98 Å². The Labute approximate surface area is 335 Å². The number of aromatic nitrogens is 3. The van der Waals surface area contributed by atoms with Gasteiger partial charge in [0.15, 0.2) is 5.82 Å². The lowest BCUT2D eigenvalue weighted by molar-refractivity contribution is 1.16. The van der Waals surface area contributed by atoms with Gasteiger partial charge < -0.3 is 0 Å². The normalized spacial score (nSPS) is 11.4. The molecular weight excluding hydrogens is 703 g/mol. The average molecular weight is 738 g/mol. The van der Waals surface area contributed by atoms with E-state index in [1.807, 2.05) is 24.4 Å². The summed E-state index contributed by atoms with van der Waals surface area (Å²) < 4.78 is 0. The van der Waals surface area contributed by atoms with Crippen LogP contribution in [-0.4, -0.2) is 15.0 Å². The van der Waals surface area contributed by atoms with Gasteiger partial charge in [-0.1, -0.05) is 182 Å². The number of pyridine rings is 1. The molecule has 2 aromatic heterocycles. The molecule has 0 aliphatic rings. The summed E-state index contributed by atoms with van der Waals surface area (Å²) in [7, 11) is 0. The topological polar surface area (TPSA) is 38.7 Å². The molecule has 0 saturated carbocycles. The minimum absolute atomic E-state index is 0.646. The Kier molecular flexibility index (Phi) is 8.15. The van der Waals surface area contributed by atoms with Crippen LogP contribution < -0.4 is 0 Å². The van der Waals surface area contributed by atoms with E-state index < -0.39 is 0 Å². The van der Waals surface area contributed by atoms with Gasteiger partial charge >= 0.3 is 0 Å². The summed E-state index contributed by atoms with van der Waals surface area (Å²) in [5.41, 5.74) is 6.73. The molecule has 0 fully saturated rings. The van der Waals surface area contributed by atoms with Gasteiger partial charge in [-0.2, -0.15) is 0 Å². The second-order valence-electron chi connectivity index (χ2n) is 14.7. The van der Waals surface area contributed by atoms with Crippen molar-refractivity contribution >= 4 is 64.6 Å². The third-order valence-corrected chi connectivity index (χ3v) is 11.4. The zero-order valence-electron chi connectivity index (χ0n) is 31.5. The van der Waals surface area contributed by atoms with Crippen molar-refractivity contribution in [1.29, 1.82) is 0 Å². The van der Waals surface area contributed by atoms with Crippen molar-refractivity contribution in [3.63, 3.8) is 0 Å². The zero-order valence-corrected chi connectivity index (χ0v) is 31.5. The molecule has 0 N–H and O–H groups in total. The van der Waals surface area contributed by atoms with Gasteiger partial charge in [0.2, 0.25) is 0 Å². The molecule has 9 aromatic carbocycles. The number of rotatable bonds is 4. The van der Waals surface area contributed by atoms with E-state index in [1.165, 1.54) is 54.0 Å². The van der Waals surface area contributed by atoms with E-state index in [0.29, 0.717) is 5.82 Å². The average Bonchev–Trinajstić information content (AvgIpc) is 3.31. The molecule has 0 spiro atoms. The first-order valence-electron chi connectivity index (χ1n) is 19.7. The van der Waals surface area contributed by atoms with Gasteiger partial charge in [0.05, 0.1) is 17.1 Å². The zero-order chi connectivity index (χ0) is 38.4. The fourth-order valence-corrected chi connectivity index (χ4v) is 8.62. The number of benzene rings is 8. The summed E-state index contributed by atoms with van der Waals surface area (Å²) in [6.07, 6.45) is 1.82. The van der Waals surface area contributed by atoms with E-state index >= 15 is 0 Å². The molecule has 0 atom stereocenters. The van der Waals surface area contributed by atoms with Crippen LogP contribution in [0.5, 0.6) is 0 Å². The molecule has 3 nitrogen and oxygen atoms in total. The first kappa shape index (κ1) is 33.6. The number of nitrogens with zero attached hydrogens (tertiary/aromatic N) is 3. The van der Waals surface area contributed by atoms with E-state index in [9.17, 15) is 0 Å². The molecule has 0 saturated heterocycles. The van der Waals surface area contributed by atoms with Gasteiger partial charge in [0.25, 0.3) is 0 Å². The molecule has 0 aliphatic heterocycles. The van der Waals surface area contributed by atoms with Crippen LogP contribution in [0.1, 0.15) is 0 Å². The molecule has 270 valence electrons. The van der Waals surface area contributed by atoms with E-state index in [1.54, 1.807) is 0 Å². The summed E-state index contributed by atoms with van der Waals surface area (Å²) >= 11 is 0. The van der Waals surface area contributed by atoms with Gasteiger partial charge in [0, 0.05) is 17.3 Å². The summed E-state index contributed by atoms with van der Waals surface area (Å²) in [5, 5.41) is 14.3. The fourth-order valence-electron chi connectivity index (χ4n) is 8.62. The Morgan fingerprint density at radius 1 is 0.259 bits per heavy atom. The monoisotopic (exact) mass is 737 g/mol. The Morgan fingerprint density at radius 2 is 0.707 bits per heavy atom. The van der Waals surface area contributed by atoms with Gasteiger partial charge in [0.1, 0.15) is 0 Å². The maximum absolute atomic E-state index is 5.30. The van der Waals surface area contributed by atoms with E-state index in [2.05, 4.69) is 188 Å². The molecule has 0 unspecified atom stereocenters. The number of fused-ring (bicyclic) bond motifs is 11. The van der Waals surface area contributed by atoms with Crippen LogP contribution in [0.4, 0.5) is 0 Å².